The van der Waals surface area contributed by atoms with E-state index in [1.807, 2.05) is 0 Å². The van der Waals surface area contributed by atoms with Crippen LogP contribution in [-0.4, -0.2) is 13.9 Å². The molecule has 0 fully saturated rings. The van der Waals surface area contributed by atoms with Gasteiger partial charge in [-0.2, -0.15) is 21.6 Å². The first kappa shape index (κ1) is 10.4. The summed E-state index contributed by atoms with van der Waals surface area (Å²) in [6, 6.07) is 0. The third kappa shape index (κ3) is 1.79. The van der Waals surface area contributed by atoms with E-state index in [0.717, 1.165) is 0 Å². The Morgan fingerprint density at radius 2 is 1.77 bits per heavy atom. The Morgan fingerprint density at radius 1 is 1.38 bits per heavy atom. The fourth-order valence-electron chi connectivity index (χ4n) is 0.750. The molecule has 0 saturated heterocycles. The van der Waals surface area contributed by atoms with Gasteiger partial charge in [0.1, 0.15) is 5.76 Å². The second-order valence-electron chi connectivity index (χ2n) is 2.75. The topological polar surface area (TPSA) is 43.4 Å². The summed E-state index contributed by atoms with van der Waals surface area (Å²) < 4.78 is 59.9. The first-order valence-electron chi connectivity index (χ1n) is 3.38. The van der Waals surface area contributed by atoms with Crippen LogP contribution in [0.15, 0.2) is 11.3 Å². The van der Waals surface area contributed by atoms with Crippen molar-refractivity contribution in [2.45, 2.75) is 19.4 Å². The van der Waals surface area contributed by atoms with Crippen LogP contribution in [0.4, 0.5) is 13.2 Å². The van der Waals surface area contributed by atoms with Crippen molar-refractivity contribution in [2.24, 2.45) is 5.92 Å². The molecule has 0 aromatic rings. The fourth-order valence-corrected chi connectivity index (χ4v) is 1.36. The molecule has 0 aromatic carbocycles. The molecule has 76 valence electrons. The van der Waals surface area contributed by atoms with Gasteiger partial charge in [-0.05, 0) is 12.5 Å². The number of rotatable bonds is 2. The molecule has 13 heavy (non-hydrogen) atoms. The van der Waals surface area contributed by atoms with Crippen LogP contribution in [0.3, 0.4) is 0 Å². The van der Waals surface area contributed by atoms with Crippen molar-refractivity contribution in [3.05, 3.63) is 11.3 Å². The first-order valence-corrected chi connectivity index (χ1v) is 4.79. The van der Waals surface area contributed by atoms with E-state index in [9.17, 15) is 21.6 Å². The van der Waals surface area contributed by atoms with Crippen molar-refractivity contribution in [1.82, 2.24) is 0 Å². The summed E-state index contributed by atoms with van der Waals surface area (Å²) in [6.45, 7) is 3.09. The molecule has 0 heterocycles. The Kier molecular flexibility index (Phi) is 2.10. The molecule has 0 radical (unpaired) electrons. The Morgan fingerprint density at radius 3 is 2.00 bits per heavy atom. The molecule has 3 nitrogen and oxygen atoms in total. The second kappa shape index (κ2) is 2.63. The molecule has 0 saturated carbocycles. The minimum absolute atomic E-state index is 0.0997. The van der Waals surface area contributed by atoms with Crippen LogP contribution >= 0.6 is 0 Å². The van der Waals surface area contributed by atoms with E-state index in [0.29, 0.717) is 5.57 Å². The van der Waals surface area contributed by atoms with E-state index in [4.69, 9.17) is 0 Å². The maximum atomic E-state index is 11.7. The second-order valence-corrected chi connectivity index (χ2v) is 4.29. The van der Waals surface area contributed by atoms with E-state index < -0.39 is 15.6 Å². The van der Waals surface area contributed by atoms with Crippen LogP contribution in [-0.2, 0) is 14.3 Å². The van der Waals surface area contributed by atoms with E-state index in [2.05, 4.69) is 4.18 Å². The van der Waals surface area contributed by atoms with Crippen LogP contribution in [0.5, 0.6) is 0 Å². The van der Waals surface area contributed by atoms with Gasteiger partial charge in [0.2, 0.25) is 0 Å². The van der Waals surface area contributed by atoms with Gasteiger partial charge in [-0.3, -0.25) is 0 Å². The Labute approximate surface area is 73.3 Å². The molecular weight excluding hydrogens is 209 g/mol. The Bertz CT molecular complexity index is 352. The molecule has 1 rings (SSSR count). The number of halogens is 3. The summed E-state index contributed by atoms with van der Waals surface area (Å²) in [7, 11) is -5.46. The van der Waals surface area contributed by atoms with Gasteiger partial charge >= 0.3 is 15.6 Å². The highest BCUT2D eigenvalue weighted by molar-refractivity contribution is 7.87. The molecule has 1 unspecified atom stereocenters. The molecule has 1 aliphatic rings. The molecule has 0 N–H and O–H groups in total. The van der Waals surface area contributed by atoms with Gasteiger partial charge in [-0.15, -0.1) is 0 Å². The summed E-state index contributed by atoms with van der Waals surface area (Å²) in [6.07, 6.45) is 0. The van der Waals surface area contributed by atoms with E-state index in [-0.39, 0.29) is 11.7 Å². The predicted octanol–water partition coefficient (Wildman–Crippen LogP) is 1.78. The van der Waals surface area contributed by atoms with Gasteiger partial charge < -0.3 is 4.18 Å². The molecule has 0 amide bonds. The molecule has 0 aromatic heterocycles. The average Bonchev–Trinajstić information content (AvgIpc) is 2.42. The smallest absolute Gasteiger partial charge is 0.380 e. The van der Waals surface area contributed by atoms with E-state index >= 15 is 0 Å². The van der Waals surface area contributed by atoms with E-state index in [1.165, 1.54) is 6.92 Å². The van der Waals surface area contributed by atoms with Gasteiger partial charge in [-0.1, -0.05) is 6.92 Å². The van der Waals surface area contributed by atoms with Gasteiger partial charge in [0.05, 0.1) is 0 Å². The lowest BCUT2D eigenvalue weighted by Crippen LogP contribution is -2.24. The first-order chi connectivity index (χ1) is 5.67. The highest BCUT2D eigenvalue weighted by Crippen LogP contribution is 2.42. The van der Waals surface area contributed by atoms with Crippen LogP contribution in [0, 0.1) is 5.92 Å². The maximum Gasteiger partial charge on any atom is 0.534 e. The van der Waals surface area contributed by atoms with Crippen LogP contribution in [0.2, 0.25) is 0 Å². The van der Waals surface area contributed by atoms with Crippen molar-refractivity contribution >= 4 is 10.1 Å². The lowest BCUT2D eigenvalue weighted by molar-refractivity contribution is -0.0520. The minimum atomic E-state index is -5.46. The van der Waals surface area contributed by atoms with Crippen LogP contribution in [0.25, 0.3) is 0 Å². The lowest BCUT2D eigenvalue weighted by atomic mass is 10.4. The Hall–Kier alpha value is -0.720. The monoisotopic (exact) mass is 216 g/mol. The number of alkyl halides is 3. The summed E-state index contributed by atoms with van der Waals surface area (Å²) in [5, 5.41) is 0. The summed E-state index contributed by atoms with van der Waals surface area (Å²) >= 11 is 0. The van der Waals surface area contributed by atoms with Crippen LogP contribution < -0.4 is 0 Å². The highest BCUT2D eigenvalue weighted by atomic mass is 32.2. The molecule has 0 bridgehead atoms. The SMILES string of the molecule is CC1=C(OS(=O)(=O)C(F)(F)F)C1C. The number of hydrogen-bond acceptors (Lipinski definition) is 3. The van der Waals surface area contributed by atoms with Crippen molar-refractivity contribution in [2.75, 3.05) is 0 Å². The normalized spacial score (nSPS) is 23.3. The van der Waals surface area contributed by atoms with Crippen molar-refractivity contribution in [3.63, 3.8) is 0 Å². The average molecular weight is 216 g/mol. The third-order valence-corrected chi connectivity index (χ3v) is 2.80. The largest absolute Gasteiger partial charge is 0.534 e. The van der Waals surface area contributed by atoms with Gasteiger partial charge in [0.25, 0.3) is 0 Å². The zero-order chi connectivity index (χ0) is 10.4. The standard InChI is InChI=1S/C6H7F3O3S/c1-3-4(2)5(3)12-13(10,11)6(7,8)9/h3H,1-2H3. The maximum absolute atomic E-state index is 11.7. The zero-order valence-corrected chi connectivity index (χ0v) is 7.66. The quantitative estimate of drug-likeness (QED) is 0.522. The highest BCUT2D eigenvalue weighted by Gasteiger charge is 2.51. The van der Waals surface area contributed by atoms with Crippen LogP contribution in [0.1, 0.15) is 13.8 Å². The predicted molar refractivity (Wildman–Crippen MR) is 37.9 cm³/mol. The molecule has 0 spiro atoms. The lowest BCUT2D eigenvalue weighted by Gasteiger charge is -2.06. The fraction of sp³-hybridized carbons (Fsp3) is 0.667. The number of allylic oxidation sites excluding steroid dienone is 2. The molecule has 1 aliphatic carbocycles. The zero-order valence-electron chi connectivity index (χ0n) is 6.84. The van der Waals surface area contributed by atoms with Gasteiger partial charge in [0, 0.05) is 5.92 Å². The third-order valence-electron chi connectivity index (χ3n) is 1.83. The number of hydrogen-bond donors (Lipinski definition) is 0. The Balaban J connectivity index is 2.77. The minimum Gasteiger partial charge on any atom is -0.380 e. The van der Waals surface area contributed by atoms with E-state index in [1.54, 1.807) is 6.92 Å². The summed E-state index contributed by atoms with van der Waals surface area (Å²) in [5.41, 5.74) is -4.81. The van der Waals surface area contributed by atoms with Crippen molar-refractivity contribution in [1.29, 1.82) is 0 Å². The summed E-state index contributed by atoms with van der Waals surface area (Å²) in [4.78, 5) is 0. The molecular formula is C6H7F3O3S. The molecule has 1 atom stereocenters. The molecule has 7 heteroatoms. The van der Waals surface area contributed by atoms with Crippen molar-refractivity contribution in [3.8, 4) is 0 Å². The van der Waals surface area contributed by atoms with Gasteiger partial charge in [-0.25, -0.2) is 0 Å². The summed E-state index contributed by atoms with van der Waals surface area (Å²) in [5.74, 6) is -0.394. The van der Waals surface area contributed by atoms with Crippen molar-refractivity contribution < 1.29 is 25.8 Å². The molecule has 0 aliphatic heterocycles. The van der Waals surface area contributed by atoms with Gasteiger partial charge in [0.15, 0.2) is 0 Å².